The third-order valence-electron chi connectivity index (χ3n) is 5.05. The molecule has 0 bridgehead atoms. The standard InChI is InChI=1S/C24H32N2O2/c1-6-21-14-11-15-22(7-2)24(21)26(19(5)27)17-23(28)25(18(3)4)16-20-12-9-8-10-13-20/h8-15,18H,6-7,16-17H2,1-5H3. The number of anilines is 1. The number of para-hydroxylation sites is 1. The van der Waals surface area contributed by atoms with Gasteiger partial charge in [-0.25, -0.2) is 0 Å². The maximum Gasteiger partial charge on any atom is 0.243 e. The molecule has 0 radical (unpaired) electrons. The van der Waals surface area contributed by atoms with Crippen molar-refractivity contribution < 1.29 is 9.59 Å². The van der Waals surface area contributed by atoms with Gasteiger partial charge in [0.15, 0.2) is 0 Å². The lowest BCUT2D eigenvalue weighted by atomic mass is 10.0. The number of carbonyl (C=O) groups excluding carboxylic acids is 2. The van der Waals surface area contributed by atoms with Crippen LogP contribution in [0.5, 0.6) is 0 Å². The molecule has 0 aliphatic carbocycles. The minimum Gasteiger partial charge on any atom is -0.334 e. The topological polar surface area (TPSA) is 40.6 Å². The number of carbonyl (C=O) groups is 2. The Kier molecular flexibility index (Phi) is 7.80. The SMILES string of the molecule is CCc1cccc(CC)c1N(CC(=O)N(Cc1ccccc1)C(C)C)C(C)=O. The molecule has 4 nitrogen and oxygen atoms in total. The molecule has 0 aliphatic rings. The molecule has 4 heteroatoms. The number of aryl methyl sites for hydroxylation is 2. The van der Waals surface area contributed by atoms with E-state index in [0.717, 1.165) is 35.2 Å². The molecule has 0 saturated heterocycles. The Labute approximate surface area is 169 Å². The lowest BCUT2D eigenvalue weighted by Gasteiger charge is -2.31. The molecule has 0 N–H and O–H groups in total. The van der Waals surface area contributed by atoms with Gasteiger partial charge in [-0.3, -0.25) is 9.59 Å². The Hall–Kier alpha value is -2.62. The Morgan fingerprint density at radius 3 is 1.93 bits per heavy atom. The van der Waals surface area contributed by atoms with Crippen LogP contribution >= 0.6 is 0 Å². The summed E-state index contributed by atoms with van der Waals surface area (Å²) in [6.45, 7) is 10.3. The van der Waals surface area contributed by atoms with Gasteiger partial charge < -0.3 is 9.80 Å². The minimum atomic E-state index is -0.104. The van der Waals surface area contributed by atoms with Crippen LogP contribution in [0.25, 0.3) is 0 Å². The smallest absolute Gasteiger partial charge is 0.243 e. The summed E-state index contributed by atoms with van der Waals surface area (Å²) in [6, 6.07) is 16.1. The van der Waals surface area contributed by atoms with E-state index in [1.54, 1.807) is 4.90 Å². The summed E-state index contributed by atoms with van der Waals surface area (Å²) in [5, 5.41) is 0. The van der Waals surface area contributed by atoms with Gasteiger partial charge in [-0.2, -0.15) is 0 Å². The second kappa shape index (κ2) is 10.1. The van der Waals surface area contributed by atoms with E-state index in [9.17, 15) is 9.59 Å². The van der Waals surface area contributed by atoms with Gasteiger partial charge in [0.1, 0.15) is 6.54 Å². The van der Waals surface area contributed by atoms with Crippen molar-refractivity contribution in [3.63, 3.8) is 0 Å². The highest BCUT2D eigenvalue weighted by atomic mass is 16.2. The van der Waals surface area contributed by atoms with Crippen LogP contribution in [-0.4, -0.2) is 29.3 Å². The molecule has 0 spiro atoms. The largest absolute Gasteiger partial charge is 0.334 e. The molecule has 0 atom stereocenters. The maximum absolute atomic E-state index is 13.2. The predicted molar refractivity (Wildman–Crippen MR) is 115 cm³/mol. The van der Waals surface area contributed by atoms with Crippen molar-refractivity contribution in [2.24, 2.45) is 0 Å². The fourth-order valence-electron chi connectivity index (χ4n) is 3.47. The van der Waals surface area contributed by atoms with Crippen molar-refractivity contribution in [3.8, 4) is 0 Å². The van der Waals surface area contributed by atoms with E-state index in [0.29, 0.717) is 6.54 Å². The van der Waals surface area contributed by atoms with E-state index in [2.05, 4.69) is 13.8 Å². The number of rotatable bonds is 8. The summed E-state index contributed by atoms with van der Waals surface area (Å²) in [4.78, 5) is 29.2. The average Bonchev–Trinajstić information content (AvgIpc) is 2.69. The van der Waals surface area contributed by atoms with E-state index < -0.39 is 0 Å². The number of hydrogen-bond donors (Lipinski definition) is 0. The molecule has 28 heavy (non-hydrogen) atoms. The molecule has 2 rings (SSSR count). The lowest BCUT2D eigenvalue weighted by Crippen LogP contribution is -2.45. The molecule has 2 amide bonds. The van der Waals surface area contributed by atoms with Gasteiger partial charge in [0.25, 0.3) is 0 Å². The van der Waals surface area contributed by atoms with Gasteiger partial charge in [-0.1, -0.05) is 62.4 Å². The van der Waals surface area contributed by atoms with Gasteiger partial charge in [-0.05, 0) is 43.4 Å². The Bertz CT molecular complexity index is 777. The first-order valence-electron chi connectivity index (χ1n) is 10.1. The first kappa shape index (κ1) is 21.7. The number of benzene rings is 2. The van der Waals surface area contributed by atoms with Gasteiger partial charge in [0, 0.05) is 19.5 Å². The Morgan fingerprint density at radius 1 is 0.893 bits per heavy atom. The van der Waals surface area contributed by atoms with Crippen molar-refractivity contribution in [2.75, 3.05) is 11.4 Å². The zero-order valence-electron chi connectivity index (χ0n) is 17.7. The van der Waals surface area contributed by atoms with Crippen LogP contribution < -0.4 is 4.90 Å². The highest BCUT2D eigenvalue weighted by Gasteiger charge is 2.25. The third kappa shape index (κ3) is 5.22. The number of nitrogens with zero attached hydrogens (tertiary/aromatic N) is 2. The van der Waals surface area contributed by atoms with Crippen LogP contribution in [0.2, 0.25) is 0 Å². The van der Waals surface area contributed by atoms with Crippen molar-refractivity contribution in [1.82, 2.24) is 4.90 Å². The second-order valence-electron chi connectivity index (χ2n) is 7.34. The quantitative estimate of drug-likeness (QED) is 0.671. The van der Waals surface area contributed by atoms with Crippen LogP contribution in [-0.2, 0) is 29.0 Å². The number of hydrogen-bond acceptors (Lipinski definition) is 2. The molecule has 2 aromatic rings. The van der Waals surface area contributed by atoms with Crippen molar-refractivity contribution in [2.45, 2.75) is 60.0 Å². The van der Waals surface area contributed by atoms with Gasteiger partial charge in [0.05, 0.1) is 5.69 Å². The van der Waals surface area contributed by atoms with Gasteiger partial charge in [-0.15, -0.1) is 0 Å². The minimum absolute atomic E-state index is 0.0398. The van der Waals surface area contributed by atoms with Crippen molar-refractivity contribution in [3.05, 3.63) is 65.2 Å². The van der Waals surface area contributed by atoms with Crippen LogP contribution in [0.1, 0.15) is 51.3 Å². The summed E-state index contributed by atoms with van der Waals surface area (Å²) < 4.78 is 0. The number of amides is 2. The fraction of sp³-hybridized carbons (Fsp3) is 0.417. The molecule has 0 saturated carbocycles. The molecule has 0 unspecified atom stereocenters. The first-order valence-corrected chi connectivity index (χ1v) is 10.1. The third-order valence-corrected chi connectivity index (χ3v) is 5.05. The van der Waals surface area contributed by atoms with Gasteiger partial charge >= 0.3 is 0 Å². The Balaban J connectivity index is 2.33. The highest BCUT2D eigenvalue weighted by molar-refractivity contribution is 5.98. The van der Waals surface area contributed by atoms with E-state index in [-0.39, 0.29) is 24.4 Å². The van der Waals surface area contributed by atoms with E-state index in [4.69, 9.17) is 0 Å². The molecular formula is C24H32N2O2. The van der Waals surface area contributed by atoms with Crippen LogP contribution in [0.15, 0.2) is 48.5 Å². The van der Waals surface area contributed by atoms with Crippen molar-refractivity contribution >= 4 is 17.5 Å². The van der Waals surface area contributed by atoms with E-state index >= 15 is 0 Å². The summed E-state index contributed by atoms with van der Waals surface area (Å²) in [7, 11) is 0. The molecule has 0 aliphatic heterocycles. The normalized spacial score (nSPS) is 10.8. The second-order valence-corrected chi connectivity index (χ2v) is 7.34. The van der Waals surface area contributed by atoms with Crippen molar-refractivity contribution in [1.29, 1.82) is 0 Å². The highest BCUT2D eigenvalue weighted by Crippen LogP contribution is 2.27. The summed E-state index contributed by atoms with van der Waals surface area (Å²) >= 11 is 0. The van der Waals surface area contributed by atoms with Crippen LogP contribution in [0.4, 0.5) is 5.69 Å². The maximum atomic E-state index is 13.2. The zero-order valence-corrected chi connectivity index (χ0v) is 17.7. The molecular weight excluding hydrogens is 348 g/mol. The fourth-order valence-corrected chi connectivity index (χ4v) is 3.47. The van der Waals surface area contributed by atoms with Crippen LogP contribution in [0.3, 0.4) is 0 Å². The van der Waals surface area contributed by atoms with E-state index in [1.807, 2.05) is 67.3 Å². The lowest BCUT2D eigenvalue weighted by molar-refractivity contribution is -0.133. The predicted octanol–water partition coefficient (Wildman–Crippen LogP) is 4.60. The summed E-state index contributed by atoms with van der Waals surface area (Å²) in [5.41, 5.74) is 4.18. The molecule has 0 heterocycles. The monoisotopic (exact) mass is 380 g/mol. The van der Waals surface area contributed by atoms with E-state index in [1.165, 1.54) is 6.92 Å². The Morgan fingerprint density at radius 2 is 1.46 bits per heavy atom. The van der Waals surface area contributed by atoms with Gasteiger partial charge in [0.2, 0.25) is 11.8 Å². The molecule has 0 fully saturated rings. The summed E-state index contributed by atoms with van der Waals surface area (Å²) in [5.74, 6) is -0.144. The summed E-state index contributed by atoms with van der Waals surface area (Å²) in [6.07, 6.45) is 1.64. The average molecular weight is 381 g/mol. The zero-order chi connectivity index (χ0) is 20.7. The van der Waals surface area contributed by atoms with Crippen LogP contribution in [0, 0.1) is 0 Å². The first-order chi connectivity index (χ1) is 13.4. The molecule has 0 aromatic heterocycles. The molecule has 150 valence electrons. The molecule has 2 aromatic carbocycles.